The average molecular weight is 831 g/mol. The van der Waals surface area contributed by atoms with Crippen molar-refractivity contribution < 1.29 is 26.7 Å². The van der Waals surface area contributed by atoms with E-state index in [9.17, 15) is 0 Å². The minimum atomic E-state index is -5.17. The summed E-state index contributed by atoms with van der Waals surface area (Å²) < 4.78 is 38.8. The molecule has 336 valence electrons. The van der Waals surface area contributed by atoms with E-state index in [0.29, 0.717) is 5.41 Å². The molecular formula is C49H90N4O4S. The minimum absolute atomic E-state index is 0.381. The molecule has 0 radical (unpaired) electrons. The fourth-order valence-corrected chi connectivity index (χ4v) is 7.80. The normalized spacial score (nSPS) is 11.7. The summed E-state index contributed by atoms with van der Waals surface area (Å²) in [5.74, 6) is 0. The summed E-state index contributed by atoms with van der Waals surface area (Å²) in [5.41, 5.74) is 2.90. The van der Waals surface area contributed by atoms with Crippen molar-refractivity contribution in [3.8, 4) is 0 Å². The number of nitrogens with one attached hydrogen (secondary N) is 2. The second-order valence-electron chi connectivity index (χ2n) is 17.8. The third-order valence-electron chi connectivity index (χ3n) is 11.5. The van der Waals surface area contributed by atoms with Gasteiger partial charge in [0.1, 0.15) is 13.1 Å². The molecule has 8 nitrogen and oxygen atoms in total. The zero-order valence-corrected chi connectivity index (χ0v) is 38.9. The molecule has 2 rings (SSSR count). The zero-order valence-electron chi connectivity index (χ0n) is 38.1. The third-order valence-corrected chi connectivity index (χ3v) is 11.5. The molecule has 0 saturated carbocycles. The fraction of sp³-hybridized carbons (Fsp3) is 0.796. The van der Waals surface area contributed by atoms with Crippen LogP contribution in [0, 0.1) is 5.41 Å². The van der Waals surface area contributed by atoms with Crippen molar-refractivity contribution in [3.05, 3.63) is 49.1 Å². The van der Waals surface area contributed by atoms with Crippen molar-refractivity contribution in [1.29, 1.82) is 0 Å². The molecule has 2 aromatic rings. The molecule has 0 saturated heterocycles. The van der Waals surface area contributed by atoms with Crippen LogP contribution in [0.25, 0.3) is 0 Å². The summed E-state index contributed by atoms with van der Waals surface area (Å²) >= 11 is 0. The smallest absolute Gasteiger partial charge is 0.170 e. The highest BCUT2D eigenvalue weighted by Crippen LogP contribution is 2.28. The Balaban J connectivity index is 0.00000315. The molecule has 0 spiro atoms. The molecule has 2 heterocycles. The van der Waals surface area contributed by atoms with Crippen molar-refractivity contribution in [3.63, 3.8) is 0 Å². The van der Waals surface area contributed by atoms with E-state index in [0.717, 1.165) is 26.2 Å². The molecule has 2 N–H and O–H groups in total. The number of aryl methyl sites for hydroxylation is 2. The van der Waals surface area contributed by atoms with E-state index in [1.165, 1.54) is 204 Å². The minimum Gasteiger partial charge on any atom is -0.759 e. The molecule has 9 heteroatoms. The van der Waals surface area contributed by atoms with Gasteiger partial charge >= 0.3 is 0 Å². The van der Waals surface area contributed by atoms with Gasteiger partial charge in [-0.05, 0) is 31.1 Å². The first-order valence-electron chi connectivity index (χ1n) is 24.1. The lowest BCUT2D eigenvalue weighted by Gasteiger charge is -2.23. The van der Waals surface area contributed by atoms with Crippen LogP contribution < -0.4 is 19.8 Å². The summed E-state index contributed by atoms with van der Waals surface area (Å²) in [5, 5.41) is 7.28. The molecule has 0 aliphatic rings. The van der Waals surface area contributed by atoms with Gasteiger partial charge in [0.15, 0.2) is 24.8 Å². The SMILES string of the molecule is CCCCCCCCCCCCCCCNc1cc[n+](CCCC(C)(C)CCC[n+]2ccc(NCCCCCCCCCCCCCCC)cc2)cc1.O=S(=O)([O-])[O-]. The monoisotopic (exact) mass is 831 g/mol. The lowest BCUT2D eigenvalue weighted by molar-refractivity contribution is -0.698. The van der Waals surface area contributed by atoms with Gasteiger partial charge in [0.05, 0.1) is 0 Å². The Morgan fingerprint density at radius 2 is 0.690 bits per heavy atom. The Kier molecular flexibility index (Phi) is 33.9. The van der Waals surface area contributed by atoms with Crippen LogP contribution in [-0.2, 0) is 23.5 Å². The van der Waals surface area contributed by atoms with Gasteiger partial charge in [0.25, 0.3) is 0 Å². The lowest BCUT2D eigenvalue weighted by Crippen LogP contribution is -2.34. The number of rotatable bonds is 38. The average Bonchev–Trinajstić information content (AvgIpc) is 3.18. The summed E-state index contributed by atoms with van der Waals surface area (Å²) in [6, 6.07) is 9.02. The van der Waals surface area contributed by atoms with Crippen LogP contribution in [0.3, 0.4) is 0 Å². The van der Waals surface area contributed by atoms with Crippen LogP contribution in [0.1, 0.15) is 220 Å². The maximum atomic E-state index is 8.52. The predicted molar refractivity (Wildman–Crippen MR) is 244 cm³/mol. The molecule has 2 aromatic heterocycles. The van der Waals surface area contributed by atoms with E-state index in [1.807, 2.05) is 0 Å². The first-order valence-corrected chi connectivity index (χ1v) is 25.5. The first kappa shape index (κ1) is 53.8. The van der Waals surface area contributed by atoms with Crippen molar-refractivity contribution in [2.45, 2.75) is 233 Å². The maximum Gasteiger partial charge on any atom is 0.170 e. The number of pyridine rings is 2. The van der Waals surface area contributed by atoms with Crippen LogP contribution in [0.15, 0.2) is 49.1 Å². The van der Waals surface area contributed by atoms with Crippen molar-refractivity contribution in [1.82, 2.24) is 0 Å². The highest BCUT2D eigenvalue weighted by atomic mass is 32.3. The number of nitrogens with zero attached hydrogens (tertiary/aromatic N) is 2. The number of hydrogen-bond acceptors (Lipinski definition) is 6. The standard InChI is InChI=1S/C49H88N4.H2O4S/c1-5-7-9-11-13-15-17-19-21-23-25-27-29-39-50-47-33-43-52(44-34-47)41-31-37-49(3,4)38-32-42-53-45-35-48(36-46-53)51-40-30-28-26-24-22-20-18-16-14-12-10-8-6-2;1-5(2,3)4/h33-36,43-46H,5-32,37-42H2,1-4H3;(H2,1,2,3,4). The lowest BCUT2D eigenvalue weighted by atomic mass is 9.83. The van der Waals surface area contributed by atoms with Crippen LogP contribution in [0.4, 0.5) is 11.4 Å². The van der Waals surface area contributed by atoms with Gasteiger partial charge < -0.3 is 19.7 Å². The zero-order chi connectivity index (χ0) is 42.4. The van der Waals surface area contributed by atoms with Crippen molar-refractivity contribution in [2.75, 3.05) is 23.7 Å². The van der Waals surface area contributed by atoms with Gasteiger partial charge in [-0.1, -0.05) is 182 Å². The molecule has 58 heavy (non-hydrogen) atoms. The molecule has 0 aliphatic heterocycles. The number of unbranched alkanes of at least 4 members (excludes halogenated alkanes) is 24. The quantitative estimate of drug-likeness (QED) is 0.0302. The Bertz CT molecular complexity index is 1200. The van der Waals surface area contributed by atoms with Crippen molar-refractivity contribution >= 4 is 21.8 Å². The summed E-state index contributed by atoms with van der Waals surface area (Å²) in [6.07, 6.45) is 50.8. The van der Waals surface area contributed by atoms with Crippen molar-refractivity contribution in [2.24, 2.45) is 5.41 Å². The first-order chi connectivity index (χ1) is 28.0. The molecule has 0 fully saturated rings. The number of anilines is 2. The maximum absolute atomic E-state index is 8.52. The molecule has 0 aromatic carbocycles. The third kappa shape index (κ3) is 36.8. The van der Waals surface area contributed by atoms with Gasteiger partial charge in [0.2, 0.25) is 0 Å². The number of aromatic nitrogens is 2. The van der Waals surface area contributed by atoms with Crippen LogP contribution in [0.5, 0.6) is 0 Å². The van der Waals surface area contributed by atoms with Crippen LogP contribution >= 0.6 is 0 Å². The van der Waals surface area contributed by atoms with E-state index in [4.69, 9.17) is 17.5 Å². The Morgan fingerprint density at radius 3 is 0.948 bits per heavy atom. The Labute approximate surface area is 358 Å². The van der Waals surface area contributed by atoms with E-state index >= 15 is 0 Å². The van der Waals surface area contributed by atoms with Crippen LogP contribution in [0.2, 0.25) is 0 Å². The molecule has 0 amide bonds. The van der Waals surface area contributed by atoms with E-state index < -0.39 is 10.4 Å². The predicted octanol–water partition coefficient (Wildman–Crippen LogP) is 13.2. The fourth-order valence-electron chi connectivity index (χ4n) is 7.80. The van der Waals surface area contributed by atoms with Gasteiger partial charge in [-0.25, -0.2) is 9.13 Å². The summed E-state index contributed by atoms with van der Waals surface area (Å²) in [7, 11) is -5.17. The molecule has 0 aliphatic carbocycles. The van der Waals surface area contributed by atoms with Gasteiger partial charge in [-0.15, -0.1) is 0 Å². The topological polar surface area (TPSA) is 112 Å². The molecular weight excluding hydrogens is 741 g/mol. The van der Waals surface area contributed by atoms with Gasteiger partial charge in [-0.3, -0.25) is 8.42 Å². The summed E-state index contributed by atoms with van der Waals surface area (Å²) in [4.78, 5) is 0. The Morgan fingerprint density at radius 1 is 0.448 bits per heavy atom. The highest BCUT2D eigenvalue weighted by Gasteiger charge is 2.19. The van der Waals surface area contributed by atoms with Gasteiger partial charge in [0, 0.05) is 72.0 Å². The second kappa shape index (κ2) is 36.6. The van der Waals surface area contributed by atoms with E-state index in [1.54, 1.807) is 0 Å². The number of hydrogen-bond donors (Lipinski definition) is 2. The molecule has 0 unspecified atom stereocenters. The molecule has 0 bridgehead atoms. The largest absolute Gasteiger partial charge is 0.759 e. The second-order valence-corrected chi connectivity index (χ2v) is 18.6. The van der Waals surface area contributed by atoms with Crippen LogP contribution in [-0.4, -0.2) is 30.6 Å². The highest BCUT2D eigenvalue weighted by molar-refractivity contribution is 7.79. The summed E-state index contributed by atoms with van der Waals surface area (Å²) in [6.45, 7) is 13.9. The Hall–Kier alpha value is -2.23. The molecule has 0 atom stereocenters. The van der Waals surface area contributed by atoms with E-state index in [2.05, 4.69) is 96.5 Å². The van der Waals surface area contributed by atoms with Gasteiger partial charge in [-0.2, -0.15) is 0 Å². The van der Waals surface area contributed by atoms with E-state index in [-0.39, 0.29) is 0 Å².